The quantitative estimate of drug-likeness (QED) is 0.140. The van der Waals surface area contributed by atoms with Crippen LogP contribution in [0, 0.1) is 5.92 Å². The Kier molecular flexibility index (Phi) is 13.5. The zero-order chi connectivity index (χ0) is 33.1. The third-order valence-corrected chi connectivity index (χ3v) is 9.72. The molecule has 11 nitrogen and oxygen atoms in total. The van der Waals surface area contributed by atoms with Crippen LogP contribution in [0.4, 0.5) is 4.79 Å². The molecule has 0 aromatic heterocycles. The number of hydrogen-bond acceptors (Lipinski definition) is 7. The topological polar surface area (TPSA) is 140 Å². The van der Waals surface area contributed by atoms with Gasteiger partial charge >= 0.3 is 13.1 Å². The molecule has 0 radical (unpaired) electrons. The van der Waals surface area contributed by atoms with Crippen molar-refractivity contribution in [1.29, 1.82) is 0 Å². The summed E-state index contributed by atoms with van der Waals surface area (Å²) in [5, 5.41) is 19.2. The molecule has 4 atom stereocenters. The molecule has 4 N–H and O–H groups in total. The van der Waals surface area contributed by atoms with Gasteiger partial charge in [0.25, 0.3) is 0 Å². The highest BCUT2D eigenvalue weighted by atomic mass is 16.6. The Balaban J connectivity index is 1.41. The van der Waals surface area contributed by atoms with Crippen LogP contribution in [-0.2, 0) is 32.1 Å². The summed E-state index contributed by atoms with van der Waals surface area (Å²) in [6, 6.07) is 5.73. The molecule has 2 aliphatic heterocycles. The maximum atomic E-state index is 13.8. The highest BCUT2D eigenvalue weighted by Gasteiger charge is 2.43. The van der Waals surface area contributed by atoms with Crippen LogP contribution in [0.15, 0.2) is 36.9 Å². The van der Waals surface area contributed by atoms with Crippen molar-refractivity contribution < 1.29 is 28.9 Å². The van der Waals surface area contributed by atoms with Crippen LogP contribution in [0.2, 0.25) is 6.82 Å². The van der Waals surface area contributed by atoms with E-state index in [1.54, 1.807) is 23.6 Å². The number of fused-ring (bicyclic) bond motifs is 1. The molecule has 252 valence electrons. The van der Waals surface area contributed by atoms with E-state index in [4.69, 9.17) is 4.74 Å². The second kappa shape index (κ2) is 17.5. The molecular formula is C34H52BN5O6. The van der Waals surface area contributed by atoms with Gasteiger partial charge in [-0.3, -0.25) is 14.4 Å². The van der Waals surface area contributed by atoms with Crippen molar-refractivity contribution in [1.82, 2.24) is 25.7 Å². The highest BCUT2D eigenvalue weighted by molar-refractivity contribution is 6.45. The third-order valence-electron chi connectivity index (χ3n) is 9.72. The fourth-order valence-electron chi connectivity index (χ4n) is 7.07. The maximum absolute atomic E-state index is 13.8. The van der Waals surface area contributed by atoms with Crippen molar-refractivity contribution in [3.05, 3.63) is 48.0 Å². The van der Waals surface area contributed by atoms with Gasteiger partial charge in [0.2, 0.25) is 17.7 Å². The van der Waals surface area contributed by atoms with E-state index in [0.717, 1.165) is 63.4 Å². The number of ether oxygens (including phenoxy) is 1. The van der Waals surface area contributed by atoms with Gasteiger partial charge in [0.1, 0.15) is 18.2 Å². The number of unbranched alkanes of at least 4 members (excludes halogenated alkanes) is 3. The van der Waals surface area contributed by atoms with E-state index in [0.29, 0.717) is 25.9 Å². The van der Waals surface area contributed by atoms with Gasteiger partial charge in [0.15, 0.2) is 0 Å². The lowest BCUT2D eigenvalue weighted by molar-refractivity contribution is -0.134. The summed E-state index contributed by atoms with van der Waals surface area (Å²) in [7, 11) is 0.609. The minimum absolute atomic E-state index is 0.0472. The fraction of sp³-hybridized carbons (Fsp3) is 0.647. The van der Waals surface area contributed by atoms with Crippen LogP contribution < -0.4 is 16.0 Å². The number of carbonyl (C=O) groups excluding carboxylic acids is 4. The van der Waals surface area contributed by atoms with Crippen molar-refractivity contribution in [3.8, 4) is 0 Å². The van der Waals surface area contributed by atoms with Crippen molar-refractivity contribution in [2.75, 3.05) is 20.1 Å². The van der Waals surface area contributed by atoms with Crippen molar-refractivity contribution >= 4 is 30.9 Å². The molecule has 2 fully saturated rings. The average Bonchev–Trinajstić information content (AvgIpc) is 3.50. The van der Waals surface area contributed by atoms with E-state index < -0.39 is 43.3 Å². The number of allylic oxidation sites excluding steroid dienone is 1. The lowest BCUT2D eigenvalue weighted by Gasteiger charge is -2.31. The van der Waals surface area contributed by atoms with Crippen LogP contribution in [0.25, 0.3) is 0 Å². The van der Waals surface area contributed by atoms with E-state index in [1.807, 2.05) is 24.3 Å². The Morgan fingerprint density at radius 2 is 1.80 bits per heavy atom. The van der Waals surface area contributed by atoms with Crippen molar-refractivity contribution in [2.24, 2.45) is 5.92 Å². The molecule has 1 aromatic carbocycles. The minimum atomic E-state index is -0.962. The number of amides is 4. The highest BCUT2D eigenvalue weighted by Crippen LogP contribution is 2.28. The summed E-state index contributed by atoms with van der Waals surface area (Å²) < 4.78 is 5.86. The monoisotopic (exact) mass is 637 g/mol. The molecule has 2 heterocycles. The average molecular weight is 638 g/mol. The largest absolute Gasteiger partial charge is 0.445 e. The van der Waals surface area contributed by atoms with Gasteiger partial charge < -0.3 is 35.4 Å². The molecule has 1 aromatic rings. The summed E-state index contributed by atoms with van der Waals surface area (Å²) in [6.07, 6.45) is 10.5. The Bertz CT molecular complexity index is 1210. The molecule has 4 amide bonds. The number of hydrogen-bond donors (Lipinski definition) is 4. The number of nitrogens with one attached hydrogen (secondary N) is 3. The Hall–Kier alpha value is -3.38. The molecule has 4 rings (SSSR count). The molecule has 12 heteroatoms. The predicted molar refractivity (Wildman–Crippen MR) is 178 cm³/mol. The molecule has 46 heavy (non-hydrogen) atoms. The number of benzene rings is 1. The Labute approximate surface area is 274 Å². The zero-order valence-corrected chi connectivity index (χ0v) is 27.5. The van der Waals surface area contributed by atoms with Gasteiger partial charge in [0, 0.05) is 33.1 Å². The SMILES string of the molecule is C=CCCCCC[C@H](NC(=O)[C@H]1C[C@H](OC(=O)N2CCc3ccccc3C2)CN1B(C)O)C(=O)N[C@H](C(=O)NC)C1CCCCC1. The second-order valence-electron chi connectivity index (χ2n) is 13.0. The van der Waals surface area contributed by atoms with Gasteiger partial charge in [-0.1, -0.05) is 62.4 Å². The predicted octanol–water partition coefficient (Wildman–Crippen LogP) is 3.17. The van der Waals surface area contributed by atoms with Gasteiger partial charge in [-0.25, -0.2) is 4.79 Å². The maximum Gasteiger partial charge on any atom is 0.410 e. The molecule has 1 aliphatic carbocycles. The molecular weight excluding hydrogens is 585 g/mol. The van der Waals surface area contributed by atoms with E-state index in [-0.39, 0.29) is 30.7 Å². The van der Waals surface area contributed by atoms with E-state index in [1.165, 1.54) is 5.56 Å². The van der Waals surface area contributed by atoms with Gasteiger partial charge in [0.05, 0.1) is 6.04 Å². The first-order chi connectivity index (χ1) is 22.2. The first-order valence-corrected chi connectivity index (χ1v) is 17.1. The fourth-order valence-corrected chi connectivity index (χ4v) is 7.07. The van der Waals surface area contributed by atoms with E-state index >= 15 is 0 Å². The first-order valence-electron chi connectivity index (χ1n) is 17.1. The lowest BCUT2D eigenvalue weighted by atomic mass is 9.83. The number of likely N-dealkylation sites (N-methyl/N-ethyl adjacent to an activating group) is 1. The summed E-state index contributed by atoms with van der Waals surface area (Å²) >= 11 is 0. The normalized spacial score (nSPS) is 21.4. The van der Waals surface area contributed by atoms with E-state index in [9.17, 15) is 24.2 Å². The van der Waals surface area contributed by atoms with Crippen LogP contribution >= 0.6 is 0 Å². The summed E-state index contributed by atoms with van der Waals surface area (Å²) in [4.78, 5) is 56.7. The molecule has 1 saturated carbocycles. The van der Waals surface area contributed by atoms with Crippen LogP contribution in [0.3, 0.4) is 0 Å². The summed E-state index contributed by atoms with van der Waals surface area (Å²) in [5.74, 6) is -0.974. The van der Waals surface area contributed by atoms with E-state index in [2.05, 4.69) is 28.6 Å². The smallest absolute Gasteiger partial charge is 0.410 e. The summed E-state index contributed by atoms with van der Waals surface area (Å²) in [5.41, 5.74) is 2.32. The van der Waals surface area contributed by atoms with Gasteiger partial charge in [-0.05, 0) is 62.4 Å². The van der Waals surface area contributed by atoms with Crippen molar-refractivity contribution in [3.63, 3.8) is 0 Å². The molecule has 0 spiro atoms. The van der Waals surface area contributed by atoms with Crippen LogP contribution in [0.5, 0.6) is 0 Å². The number of rotatable bonds is 14. The number of carbonyl (C=O) groups is 4. The zero-order valence-electron chi connectivity index (χ0n) is 27.5. The van der Waals surface area contributed by atoms with Gasteiger partial charge in [-0.15, -0.1) is 6.58 Å². The molecule has 1 saturated heterocycles. The van der Waals surface area contributed by atoms with Gasteiger partial charge in [-0.2, -0.15) is 0 Å². The number of nitrogens with zero attached hydrogens (tertiary/aromatic N) is 2. The minimum Gasteiger partial charge on any atom is -0.445 e. The Morgan fingerprint density at radius 3 is 2.50 bits per heavy atom. The van der Waals surface area contributed by atoms with Crippen LogP contribution in [0.1, 0.15) is 81.8 Å². The summed E-state index contributed by atoms with van der Waals surface area (Å²) in [6.45, 7) is 6.56. The third kappa shape index (κ3) is 9.57. The van der Waals surface area contributed by atoms with Crippen LogP contribution in [-0.4, -0.2) is 90.0 Å². The molecule has 0 unspecified atom stereocenters. The molecule has 3 aliphatic rings. The standard InChI is InChI=1S/C34H52BN5O6/c1-4-5-6-7-11-18-28(31(41)38-30(33(43)36-3)25-15-9-8-10-16-25)37-32(42)29-21-27(23-40(29)35(2)45)46-34(44)39-20-19-24-14-12-13-17-26(24)22-39/h4,12-14,17,25,27-30,45H,1,5-11,15-16,18-23H2,2-3H3,(H,36,43)(H,37,42)(H,38,41)/t27-,28-,29+,30-/m0/s1. The lowest BCUT2D eigenvalue weighted by Crippen LogP contribution is -2.58. The second-order valence-corrected chi connectivity index (χ2v) is 13.0. The first kappa shape index (κ1) is 35.5. The van der Waals surface area contributed by atoms with Crippen molar-refractivity contribution in [2.45, 2.75) is 115 Å². The molecule has 0 bridgehead atoms. The Morgan fingerprint density at radius 1 is 1.07 bits per heavy atom.